The topological polar surface area (TPSA) is 293 Å². The number of carbonyl (C=O) groups excluding carboxylic acids is 1. The fraction of sp³-hybridized carbons (Fsp3) is 0.429. The molecule has 1 aliphatic heterocycles. The van der Waals surface area contributed by atoms with Gasteiger partial charge in [-0.3, -0.25) is 13.7 Å². The number of fused-ring (bicyclic) bond motifs is 1. The lowest BCUT2D eigenvalue weighted by molar-refractivity contribution is -0.0859. The first-order chi connectivity index (χ1) is 19.2. The molecule has 0 spiro atoms. The van der Waals surface area contributed by atoms with E-state index in [4.69, 9.17) is 25.0 Å². The van der Waals surface area contributed by atoms with Crippen molar-refractivity contribution < 1.29 is 58.3 Å². The third-order valence-corrected chi connectivity index (χ3v) is 8.55. The average molecular weight is 618 g/mol. The minimum absolute atomic E-state index is 0.0747. The van der Waals surface area contributed by atoms with Crippen LogP contribution in [0.25, 0.3) is 11.2 Å². The number of nitrogens with zero attached hydrogens (tertiary/aromatic N) is 4. The van der Waals surface area contributed by atoms with Gasteiger partial charge < -0.3 is 55.4 Å². The summed E-state index contributed by atoms with van der Waals surface area (Å²) in [6.45, 7) is -0.370. The van der Waals surface area contributed by atoms with Gasteiger partial charge in [0.05, 0.1) is 17.7 Å². The van der Waals surface area contributed by atoms with Crippen molar-refractivity contribution in [2.75, 3.05) is 5.73 Å². The molecule has 0 bridgehead atoms. The number of aliphatic hydroxyl groups excluding tert-OH is 3. The summed E-state index contributed by atoms with van der Waals surface area (Å²) in [5, 5.41) is 33.6. The SMILES string of the molecule is Nc1ncnc2c1ncn2[C@@H]1O[C@H](C(O)CCC(NC(=O)OCc2ccc(P(=O)(O)O)cc2)P(=O)(O)O)[C@@H](O)[C@H]1O. The highest BCUT2D eigenvalue weighted by Gasteiger charge is 2.47. The zero-order valence-electron chi connectivity index (χ0n) is 21.0. The number of imidazole rings is 1. The zero-order chi connectivity index (χ0) is 30.1. The van der Waals surface area contributed by atoms with Crippen LogP contribution in [0.2, 0.25) is 0 Å². The third-order valence-electron chi connectivity index (χ3n) is 6.38. The van der Waals surface area contributed by atoms with Gasteiger partial charge in [0.15, 0.2) is 17.7 Å². The number of anilines is 1. The van der Waals surface area contributed by atoms with Crippen molar-refractivity contribution in [2.45, 2.75) is 55.9 Å². The molecule has 10 N–H and O–H groups in total. The van der Waals surface area contributed by atoms with Gasteiger partial charge in [-0.1, -0.05) is 12.1 Å². The number of carbonyl (C=O) groups is 1. The average Bonchev–Trinajstić information content (AvgIpc) is 3.46. The molecule has 0 radical (unpaired) electrons. The van der Waals surface area contributed by atoms with Crippen LogP contribution >= 0.6 is 15.2 Å². The summed E-state index contributed by atoms with van der Waals surface area (Å²) in [5.74, 6) is -1.70. The van der Waals surface area contributed by atoms with Crippen molar-refractivity contribution in [3.63, 3.8) is 0 Å². The van der Waals surface area contributed by atoms with E-state index >= 15 is 0 Å². The first-order valence-electron chi connectivity index (χ1n) is 11.9. The van der Waals surface area contributed by atoms with Crippen LogP contribution in [0.1, 0.15) is 24.6 Å². The molecule has 2 aromatic heterocycles. The Morgan fingerprint density at radius 3 is 2.39 bits per heavy atom. The Labute approximate surface area is 231 Å². The molecule has 3 aromatic rings. The molecule has 18 nitrogen and oxygen atoms in total. The van der Waals surface area contributed by atoms with Crippen LogP contribution in [0, 0.1) is 0 Å². The molecule has 4 rings (SSSR count). The Morgan fingerprint density at radius 2 is 1.76 bits per heavy atom. The monoisotopic (exact) mass is 618 g/mol. The maximum atomic E-state index is 12.2. The Morgan fingerprint density at radius 1 is 1.07 bits per heavy atom. The Bertz CT molecular complexity index is 1480. The molecule has 1 amide bonds. The molecule has 6 atom stereocenters. The fourth-order valence-corrected chi connectivity index (χ4v) is 5.52. The summed E-state index contributed by atoms with van der Waals surface area (Å²) < 4.78 is 35.1. The number of nitrogens with one attached hydrogen (secondary N) is 1. The second kappa shape index (κ2) is 12.1. The van der Waals surface area contributed by atoms with Crippen LogP contribution in [0.3, 0.4) is 0 Å². The highest BCUT2D eigenvalue weighted by molar-refractivity contribution is 7.60. The van der Waals surface area contributed by atoms with Gasteiger partial charge in [0.25, 0.3) is 0 Å². The van der Waals surface area contributed by atoms with Crippen molar-refractivity contribution in [3.05, 3.63) is 42.5 Å². The lowest BCUT2D eigenvalue weighted by atomic mass is 10.0. The van der Waals surface area contributed by atoms with Crippen LogP contribution in [-0.4, -0.2) is 90.7 Å². The van der Waals surface area contributed by atoms with E-state index < -0.39 is 64.1 Å². The Balaban J connectivity index is 1.35. The predicted octanol–water partition coefficient (Wildman–Crippen LogP) is -1.60. The van der Waals surface area contributed by atoms with Gasteiger partial charge in [-0.05, 0) is 30.5 Å². The molecule has 0 aliphatic carbocycles. The minimum Gasteiger partial charge on any atom is -0.445 e. The van der Waals surface area contributed by atoms with E-state index in [1.165, 1.54) is 29.4 Å². The van der Waals surface area contributed by atoms with Gasteiger partial charge in [0, 0.05) is 0 Å². The number of ether oxygens (including phenoxy) is 2. The fourth-order valence-electron chi connectivity index (χ4n) is 4.22. The van der Waals surface area contributed by atoms with E-state index in [-0.39, 0.29) is 35.3 Å². The molecule has 1 aromatic carbocycles. The van der Waals surface area contributed by atoms with Gasteiger partial charge >= 0.3 is 21.3 Å². The molecule has 41 heavy (non-hydrogen) atoms. The van der Waals surface area contributed by atoms with Gasteiger partial charge in [-0.15, -0.1) is 0 Å². The van der Waals surface area contributed by atoms with Crippen molar-refractivity contribution in [1.29, 1.82) is 0 Å². The molecule has 1 aliphatic rings. The van der Waals surface area contributed by atoms with Gasteiger partial charge in [-0.25, -0.2) is 19.7 Å². The minimum atomic E-state index is -4.95. The van der Waals surface area contributed by atoms with Crippen LogP contribution in [0.15, 0.2) is 36.9 Å². The van der Waals surface area contributed by atoms with Crippen molar-refractivity contribution in [1.82, 2.24) is 24.8 Å². The van der Waals surface area contributed by atoms with Gasteiger partial charge in [0.1, 0.15) is 42.5 Å². The van der Waals surface area contributed by atoms with E-state index in [0.29, 0.717) is 5.56 Å². The second-order valence-corrected chi connectivity index (χ2v) is 12.6. The van der Waals surface area contributed by atoms with E-state index in [9.17, 15) is 39.0 Å². The molecular weight excluding hydrogens is 590 g/mol. The number of nitrogen functional groups attached to an aromatic ring is 1. The van der Waals surface area contributed by atoms with Crippen molar-refractivity contribution in [2.24, 2.45) is 0 Å². The number of alkyl carbamates (subject to hydrolysis) is 1. The van der Waals surface area contributed by atoms with E-state index in [2.05, 4.69) is 15.0 Å². The maximum absolute atomic E-state index is 12.2. The number of aromatic nitrogens is 4. The number of benzene rings is 1. The standard InChI is InChI=1S/C21H28N6O12P2/c22-18-14-19(24-8-23-18)27(9-25-14)20-16(30)15(29)17(39-20)12(28)5-6-13(41(35,36)37)26-21(31)38-7-10-1-3-11(4-2-10)40(32,33)34/h1-4,8-9,12-13,15-17,20,28-30H,5-7H2,(H,26,31)(H2,22,23,24)(H2,32,33,34)(H2,35,36,37)/t12?,13?,15-,16+,17+,20+/m0/s1. The lowest BCUT2D eigenvalue weighted by Crippen LogP contribution is -2.40. The van der Waals surface area contributed by atoms with Gasteiger partial charge in [-0.2, -0.15) is 0 Å². The number of nitrogens with two attached hydrogens (primary N) is 1. The smallest absolute Gasteiger partial charge is 0.408 e. The summed E-state index contributed by atoms with van der Waals surface area (Å²) in [6.07, 6.45) is -6.90. The van der Waals surface area contributed by atoms with Crippen molar-refractivity contribution >= 4 is 43.6 Å². The molecular formula is C21H28N6O12P2. The number of amides is 1. The third kappa shape index (κ3) is 7.07. The van der Waals surface area contributed by atoms with E-state index in [0.717, 1.165) is 12.1 Å². The summed E-state index contributed by atoms with van der Waals surface area (Å²) >= 11 is 0. The number of aliphatic hydroxyl groups is 3. The number of hydrogen-bond donors (Lipinski definition) is 9. The number of rotatable bonds is 10. The zero-order valence-corrected chi connectivity index (χ0v) is 22.8. The molecule has 20 heteroatoms. The molecule has 0 saturated carbocycles. The van der Waals surface area contributed by atoms with Crippen LogP contribution in [0.5, 0.6) is 0 Å². The molecule has 1 saturated heterocycles. The Hall–Kier alpha value is -3.02. The van der Waals surface area contributed by atoms with Crippen molar-refractivity contribution in [3.8, 4) is 0 Å². The Kier molecular flexibility index (Phi) is 9.10. The first kappa shape index (κ1) is 30.9. The molecule has 2 unspecified atom stereocenters. The second-order valence-electron chi connectivity index (χ2n) is 9.24. The largest absolute Gasteiger partial charge is 0.445 e. The van der Waals surface area contributed by atoms with Crippen LogP contribution in [0.4, 0.5) is 10.6 Å². The van der Waals surface area contributed by atoms with Gasteiger partial charge in [0.2, 0.25) is 0 Å². The summed E-state index contributed by atoms with van der Waals surface area (Å²) in [4.78, 5) is 61.8. The molecule has 224 valence electrons. The lowest BCUT2D eigenvalue weighted by Gasteiger charge is -2.24. The molecule has 1 fully saturated rings. The summed E-state index contributed by atoms with van der Waals surface area (Å²) in [6, 6.07) is 4.91. The van der Waals surface area contributed by atoms with Crippen LogP contribution < -0.4 is 16.4 Å². The predicted molar refractivity (Wildman–Crippen MR) is 138 cm³/mol. The molecule has 3 heterocycles. The highest BCUT2D eigenvalue weighted by atomic mass is 31.2. The number of hydrogen-bond acceptors (Lipinski definition) is 12. The quantitative estimate of drug-likeness (QED) is 0.116. The van der Waals surface area contributed by atoms with Crippen LogP contribution in [-0.2, 0) is 25.2 Å². The van der Waals surface area contributed by atoms with E-state index in [1.54, 1.807) is 0 Å². The highest BCUT2D eigenvalue weighted by Crippen LogP contribution is 2.43. The summed E-state index contributed by atoms with van der Waals surface area (Å²) in [7, 11) is -9.40. The van der Waals surface area contributed by atoms with E-state index in [1.807, 2.05) is 5.32 Å². The first-order valence-corrected chi connectivity index (χ1v) is 15.2. The summed E-state index contributed by atoms with van der Waals surface area (Å²) in [5.41, 5.74) is 6.54. The maximum Gasteiger partial charge on any atom is 0.408 e. The normalized spacial score (nSPS) is 22.9.